The van der Waals surface area contributed by atoms with Crippen molar-refractivity contribution in [3.8, 4) is 11.5 Å². The van der Waals surface area contributed by atoms with Crippen molar-refractivity contribution >= 4 is 15.7 Å². The van der Waals surface area contributed by atoms with Crippen molar-refractivity contribution in [2.45, 2.75) is 17.7 Å². The summed E-state index contributed by atoms with van der Waals surface area (Å²) in [6.45, 7) is 0.911. The van der Waals surface area contributed by atoms with Gasteiger partial charge >= 0.3 is 0 Å². The zero-order valence-corrected chi connectivity index (χ0v) is 13.0. The first kappa shape index (κ1) is 14.3. The molecule has 2 aromatic carbocycles. The lowest BCUT2D eigenvalue weighted by atomic mass is 10.1. The van der Waals surface area contributed by atoms with Crippen LogP contribution in [0.4, 0.5) is 10.1 Å². The molecule has 0 atom stereocenters. The van der Waals surface area contributed by atoms with Crippen LogP contribution < -0.4 is 14.2 Å². The van der Waals surface area contributed by atoms with Crippen LogP contribution in [0.15, 0.2) is 35.2 Å². The second kappa shape index (κ2) is 5.13. The van der Waals surface area contributed by atoms with Crippen LogP contribution in [0, 0.1) is 5.82 Å². The van der Waals surface area contributed by atoms with Gasteiger partial charge < -0.3 is 9.47 Å². The molecule has 0 radical (unpaired) electrons. The average molecular weight is 335 g/mol. The molecule has 0 aliphatic carbocycles. The number of halogens is 1. The van der Waals surface area contributed by atoms with E-state index in [4.69, 9.17) is 9.47 Å². The zero-order chi connectivity index (χ0) is 16.0. The van der Waals surface area contributed by atoms with Crippen molar-refractivity contribution in [1.29, 1.82) is 0 Å². The standard InChI is InChI=1S/C16H14FNO4S/c17-11-1-3-12(4-2-11)18-23(19,20)16-13-6-8-21-14(13)9-10-5-7-22-15(10)16/h1-4,9,18H,5-8H2. The van der Waals surface area contributed by atoms with Gasteiger partial charge in [0.05, 0.1) is 13.2 Å². The van der Waals surface area contributed by atoms with E-state index in [2.05, 4.69) is 4.72 Å². The zero-order valence-electron chi connectivity index (χ0n) is 12.1. The van der Waals surface area contributed by atoms with Crippen molar-refractivity contribution in [2.24, 2.45) is 0 Å². The smallest absolute Gasteiger partial charge is 0.266 e. The van der Waals surface area contributed by atoms with Gasteiger partial charge in [0.2, 0.25) is 0 Å². The number of sulfonamides is 1. The number of fused-ring (bicyclic) bond motifs is 2. The largest absolute Gasteiger partial charge is 0.493 e. The molecule has 1 N–H and O–H groups in total. The molecule has 2 heterocycles. The number of hydrogen-bond donors (Lipinski definition) is 1. The van der Waals surface area contributed by atoms with Crippen LogP contribution in [0.5, 0.6) is 11.5 Å². The molecule has 4 rings (SSSR count). The van der Waals surface area contributed by atoms with E-state index in [1.54, 1.807) is 0 Å². The van der Waals surface area contributed by atoms with Gasteiger partial charge in [-0.15, -0.1) is 0 Å². The first-order valence-corrected chi connectivity index (χ1v) is 8.76. The number of benzene rings is 2. The van der Waals surface area contributed by atoms with Gasteiger partial charge in [0, 0.05) is 29.7 Å². The van der Waals surface area contributed by atoms with Gasteiger partial charge in [0.15, 0.2) is 0 Å². The summed E-state index contributed by atoms with van der Waals surface area (Å²) < 4.78 is 52.3. The molecule has 0 fully saturated rings. The van der Waals surface area contributed by atoms with E-state index in [9.17, 15) is 12.8 Å². The van der Waals surface area contributed by atoms with Crippen LogP contribution in [0.25, 0.3) is 0 Å². The topological polar surface area (TPSA) is 64.6 Å². The van der Waals surface area contributed by atoms with Crippen LogP contribution in [0.1, 0.15) is 11.1 Å². The Labute approximate surface area is 133 Å². The van der Waals surface area contributed by atoms with Crippen LogP contribution in [0.2, 0.25) is 0 Å². The van der Waals surface area contributed by atoms with Crippen LogP contribution >= 0.6 is 0 Å². The molecular weight excluding hydrogens is 321 g/mol. The molecule has 23 heavy (non-hydrogen) atoms. The maximum Gasteiger partial charge on any atom is 0.266 e. The second-order valence-corrected chi connectivity index (χ2v) is 7.10. The Morgan fingerprint density at radius 2 is 1.78 bits per heavy atom. The minimum atomic E-state index is -3.85. The number of nitrogens with one attached hydrogen (secondary N) is 1. The number of hydrogen-bond acceptors (Lipinski definition) is 4. The normalized spacial score (nSPS) is 15.5. The van der Waals surface area contributed by atoms with Crippen molar-refractivity contribution in [2.75, 3.05) is 17.9 Å². The van der Waals surface area contributed by atoms with Gasteiger partial charge in [-0.05, 0) is 30.3 Å². The molecule has 0 saturated heterocycles. The van der Waals surface area contributed by atoms with Gasteiger partial charge in [0.1, 0.15) is 22.2 Å². The summed E-state index contributed by atoms with van der Waals surface area (Å²) in [6.07, 6.45) is 1.18. The number of rotatable bonds is 3. The van der Waals surface area contributed by atoms with Crippen LogP contribution in [-0.4, -0.2) is 21.6 Å². The minimum Gasteiger partial charge on any atom is -0.493 e. The monoisotopic (exact) mass is 335 g/mol. The highest BCUT2D eigenvalue weighted by Crippen LogP contribution is 2.43. The summed E-state index contributed by atoms with van der Waals surface area (Å²) in [4.78, 5) is 0.143. The van der Waals surface area contributed by atoms with Crippen molar-refractivity contribution in [1.82, 2.24) is 0 Å². The predicted molar refractivity (Wildman–Crippen MR) is 82.0 cm³/mol. The first-order chi connectivity index (χ1) is 11.0. The molecule has 2 aliphatic rings. The van der Waals surface area contributed by atoms with Gasteiger partial charge in [-0.25, -0.2) is 12.8 Å². The quantitative estimate of drug-likeness (QED) is 0.936. The Balaban J connectivity index is 1.82. The predicted octanol–water partition coefficient (Wildman–Crippen LogP) is 2.50. The summed E-state index contributed by atoms with van der Waals surface area (Å²) >= 11 is 0. The van der Waals surface area contributed by atoms with E-state index in [0.717, 1.165) is 5.56 Å². The third-order valence-electron chi connectivity index (χ3n) is 3.97. The third kappa shape index (κ3) is 2.41. The maximum absolute atomic E-state index is 13.0. The highest BCUT2D eigenvalue weighted by molar-refractivity contribution is 7.92. The van der Waals surface area contributed by atoms with Crippen molar-refractivity contribution < 1.29 is 22.3 Å². The maximum atomic E-state index is 13.0. The molecule has 0 saturated carbocycles. The average Bonchev–Trinajstić information content (AvgIpc) is 3.14. The number of ether oxygens (including phenoxy) is 2. The molecule has 120 valence electrons. The van der Waals surface area contributed by atoms with Gasteiger partial charge in [0.25, 0.3) is 10.0 Å². The lowest BCUT2D eigenvalue weighted by Gasteiger charge is -2.14. The summed E-state index contributed by atoms with van der Waals surface area (Å²) in [5, 5.41) is 0. The molecular formula is C16H14FNO4S. The minimum absolute atomic E-state index is 0.143. The van der Waals surface area contributed by atoms with Gasteiger partial charge in [-0.3, -0.25) is 4.72 Å². The van der Waals surface area contributed by atoms with Crippen molar-refractivity contribution in [3.63, 3.8) is 0 Å². The highest BCUT2D eigenvalue weighted by Gasteiger charge is 2.33. The summed E-state index contributed by atoms with van der Waals surface area (Å²) in [7, 11) is -3.85. The van der Waals surface area contributed by atoms with Crippen LogP contribution in [-0.2, 0) is 22.9 Å². The summed E-state index contributed by atoms with van der Waals surface area (Å²) in [5.74, 6) is 0.587. The SMILES string of the molecule is O=S(=O)(Nc1ccc(F)cc1)c1c2c(cc3c1OCC3)OCC2. The highest BCUT2D eigenvalue weighted by atomic mass is 32.2. The molecule has 0 aromatic heterocycles. The first-order valence-electron chi connectivity index (χ1n) is 7.27. The van der Waals surface area contributed by atoms with E-state index in [1.165, 1.54) is 24.3 Å². The molecule has 2 aliphatic heterocycles. The van der Waals surface area contributed by atoms with E-state index >= 15 is 0 Å². The molecule has 7 heteroatoms. The molecule has 0 amide bonds. The van der Waals surface area contributed by atoms with E-state index in [-0.39, 0.29) is 4.90 Å². The number of anilines is 1. The Kier molecular flexibility index (Phi) is 3.19. The third-order valence-corrected chi connectivity index (χ3v) is 5.44. The van der Waals surface area contributed by atoms with Gasteiger partial charge in [-0.2, -0.15) is 0 Å². The fourth-order valence-electron chi connectivity index (χ4n) is 2.95. The Morgan fingerprint density at radius 1 is 1.04 bits per heavy atom. The lowest BCUT2D eigenvalue weighted by Crippen LogP contribution is -2.16. The molecule has 2 aromatic rings. The second-order valence-electron chi connectivity index (χ2n) is 5.48. The molecule has 0 bridgehead atoms. The van der Waals surface area contributed by atoms with Crippen LogP contribution in [0.3, 0.4) is 0 Å². The Hall–Kier alpha value is -2.28. The fourth-order valence-corrected chi connectivity index (χ4v) is 4.46. The fraction of sp³-hybridized carbons (Fsp3) is 0.250. The summed E-state index contributed by atoms with van der Waals surface area (Å²) in [6, 6.07) is 7.04. The Bertz CT molecular complexity index is 846. The van der Waals surface area contributed by atoms with E-state index in [0.29, 0.717) is 48.8 Å². The van der Waals surface area contributed by atoms with E-state index in [1.807, 2.05) is 6.07 Å². The lowest BCUT2D eigenvalue weighted by molar-refractivity contribution is 0.348. The molecule has 0 unspecified atom stereocenters. The molecule has 5 nitrogen and oxygen atoms in total. The summed E-state index contributed by atoms with van der Waals surface area (Å²) in [5.41, 5.74) is 1.78. The molecule has 0 spiro atoms. The van der Waals surface area contributed by atoms with E-state index < -0.39 is 15.8 Å². The van der Waals surface area contributed by atoms with Crippen molar-refractivity contribution in [3.05, 3.63) is 47.3 Å². The Morgan fingerprint density at radius 3 is 2.57 bits per heavy atom. The van der Waals surface area contributed by atoms with Gasteiger partial charge in [-0.1, -0.05) is 0 Å².